The van der Waals surface area contributed by atoms with Gasteiger partial charge in [0.05, 0.1) is 25.2 Å². The lowest BCUT2D eigenvalue weighted by atomic mass is 10.1. The lowest BCUT2D eigenvalue weighted by Crippen LogP contribution is -2.05. The maximum absolute atomic E-state index is 12.5. The quantitative estimate of drug-likeness (QED) is 0.750. The molecule has 2 aromatic carbocycles. The number of carbonyl (C=O) groups excluding carboxylic acids is 1. The van der Waals surface area contributed by atoms with Crippen molar-refractivity contribution in [3.8, 4) is 22.8 Å². The number of aromatic hydroxyl groups is 1. The van der Waals surface area contributed by atoms with Gasteiger partial charge in [-0.2, -0.15) is 0 Å². The highest BCUT2D eigenvalue weighted by atomic mass is 16.5. The summed E-state index contributed by atoms with van der Waals surface area (Å²) in [6.07, 6.45) is 3.02. The van der Waals surface area contributed by atoms with Gasteiger partial charge in [0, 0.05) is 11.1 Å². The van der Waals surface area contributed by atoms with Crippen molar-refractivity contribution in [2.45, 2.75) is 0 Å². The van der Waals surface area contributed by atoms with Crippen molar-refractivity contribution in [1.29, 1.82) is 0 Å². The molecule has 5 heteroatoms. The topological polar surface area (TPSA) is 72.3 Å². The number of benzene rings is 2. The summed E-state index contributed by atoms with van der Waals surface area (Å²) >= 11 is 0. The highest BCUT2D eigenvalue weighted by Gasteiger charge is 2.12. The third-order valence-electron chi connectivity index (χ3n) is 3.38. The van der Waals surface area contributed by atoms with Gasteiger partial charge < -0.3 is 9.84 Å². The number of rotatable bonds is 4. The Morgan fingerprint density at radius 3 is 2.35 bits per heavy atom. The summed E-state index contributed by atoms with van der Waals surface area (Å²) in [7, 11) is 1.57. The van der Waals surface area contributed by atoms with Crippen molar-refractivity contribution in [1.82, 2.24) is 9.97 Å². The summed E-state index contributed by atoms with van der Waals surface area (Å²) in [6.45, 7) is 0. The Labute approximate surface area is 133 Å². The van der Waals surface area contributed by atoms with Crippen molar-refractivity contribution in [2.24, 2.45) is 0 Å². The van der Waals surface area contributed by atoms with Gasteiger partial charge in [0.25, 0.3) is 0 Å². The molecule has 0 spiro atoms. The summed E-state index contributed by atoms with van der Waals surface area (Å²) in [5.41, 5.74) is 2.13. The van der Waals surface area contributed by atoms with Crippen LogP contribution in [0.25, 0.3) is 11.3 Å². The van der Waals surface area contributed by atoms with Gasteiger partial charge in [-0.1, -0.05) is 0 Å². The van der Waals surface area contributed by atoms with Crippen molar-refractivity contribution in [2.75, 3.05) is 7.11 Å². The Balaban J connectivity index is 1.92. The predicted octanol–water partition coefficient (Wildman–Crippen LogP) is 3.09. The van der Waals surface area contributed by atoms with Crippen LogP contribution >= 0.6 is 0 Å². The van der Waals surface area contributed by atoms with Gasteiger partial charge in [-0.3, -0.25) is 9.78 Å². The molecular weight excluding hydrogens is 292 g/mol. The van der Waals surface area contributed by atoms with Gasteiger partial charge in [0.1, 0.15) is 17.2 Å². The zero-order chi connectivity index (χ0) is 16.2. The summed E-state index contributed by atoms with van der Waals surface area (Å²) in [4.78, 5) is 21.0. The molecule has 0 unspecified atom stereocenters. The molecule has 0 amide bonds. The molecule has 0 saturated heterocycles. The predicted molar refractivity (Wildman–Crippen MR) is 85.6 cm³/mol. The Bertz CT molecular complexity index is 828. The maximum Gasteiger partial charge on any atom is 0.212 e. The van der Waals surface area contributed by atoms with Crippen LogP contribution in [0.3, 0.4) is 0 Å². The van der Waals surface area contributed by atoms with E-state index in [1.807, 2.05) is 0 Å². The molecular formula is C18H14N2O3. The second-order valence-electron chi connectivity index (χ2n) is 4.89. The number of aromatic nitrogens is 2. The molecule has 0 atom stereocenters. The molecule has 1 heterocycles. The monoisotopic (exact) mass is 306 g/mol. The van der Waals surface area contributed by atoms with E-state index in [4.69, 9.17) is 4.74 Å². The van der Waals surface area contributed by atoms with Gasteiger partial charge >= 0.3 is 0 Å². The maximum atomic E-state index is 12.5. The Hall–Kier alpha value is -3.21. The van der Waals surface area contributed by atoms with Gasteiger partial charge in [-0.15, -0.1) is 0 Å². The van der Waals surface area contributed by atoms with Crippen molar-refractivity contribution >= 4 is 5.78 Å². The minimum atomic E-state index is -0.208. The van der Waals surface area contributed by atoms with Gasteiger partial charge in [0.2, 0.25) is 5.78 Å². The number of ether oxygens (including phenoxy) is 1. The summed E-state index contributed by atoms with van der Waals surface area (Å²) in [5, 5.41) is 9.34. The zero-order valence-corrected chi connectivity index (χ0v) is 12.4. The largest absolute Gasteiger partial charge is 0.508 e. The highest BCUT2D eigenvalue weighted by Crippen LogP contribution is 2.20. The van der Waals surface area contributed by atoms with E-state index in [2.05, 4.69) is 9.97 Å². The van der Waals surface area contributed by atoms with Crippen LogP contribution in [0.1, 0.15) is 16.1 Å². The minimum Gasteiger partial charge on any atom is -0.508 e. The molecule has 0 aliphatic carbocycles. The average Bonchev–Trinajstić information content (AvgIpc) is 2.62. The standard InChI is InChI=1S/C18H14N2O3/c1-23-15-8-4-13(5-9-15)18(22)17-11-19-10-16(20-17)12-2-6-14(21)7-3-12/h2-11,21H,1H3. The summed E-state index contributed by atoms with van der Waals surface area (Å²) in [6, 6.07) is 13.4. The lowest BCUT2D eigenvalue weighted by Gasteiger charge is -2.05. The van der Waals surface area contributed by atoms with Gasteiger partial charge in [-0.25, -0.2) is 4.98 Å². The van der Waals surface area contributed by atoms with Gasteiger partial charge in [0.15, 0.2) is 0 Å². The first-order valence-corrected chi connectivity index (χ1v) is 6.97. The molecule has 1 aromatic heterocycles. The van der Waals surface area contributed by atoms with Gasteiger partial charge in [-0.05, 0) is 48.5 Å². The van der Waals surface area contributed by atoms with Crippen LogP contribution in [0.5, 0.6) is 11.5 Å². The lowest BCUT2D eigenvalue weighted by molar-refractivity contribution is 0.103. The second-order valence-corrected chi connectivity index (χ2v) is 4.89. The molecule has 0 saturated carbocycles. The first kappa shape index (κ1) is 14.7. The number of hydrogen-bond donors (Lipinski definition) is 1. The van der Waals surface area contributed by atoms with Crippen molar-refractivity contribution in [3.63, 3.8) is 0 Å². The smallest absolute Gasteiger partial charge is 0.212 e. The molecule has 23 heavy (non-hydrogen) atoms. The van der Waals surface area contributed by atoms with E-state index in [9.17, 15) is 9.90 Å². The van der Waals surface area contributed by atoms with Crippen LogP contribution < -0.4 is 4.74 Å². The summed E-state index contributed by atoms with van der Waals surface area (Å²) < 4.78 is 5.08. The SMILES string of the molecule is COc1ccc(C(=O)c2cncc(-c3ccc(O)cc3)n2)cc1. The fourth-order valence-corrected chi connectivity index (χ4v) is 2.14. The van der Waals surface area contributed by atoms with Crippen LogP contribution in [0, 0.1) is 0 Å². The molecule has 3 rings (SSSR count). The normalized spacial score (nSPS) is 10.3. The first-order chi connectivity index (χ1) is 11.2. The molecule has 114 valence electrons. The van der Waals surface area contributed by atoms with Crippen molar-refractivity contribution < 1.29 is 14.6 Å². The third-order valence-corrected chi connectivity index (χ3v) is 3.38. The minimum absolute atomic E-state index is 0.173. The van der Waals surface area contributed by atoms with Crippen LogP contribution in [0.4, 0.5) is 0 Å². The fraction of sp³-hybridized carbons (Fsp3) is 0.0556. The molecule has 3 aromatic rings. The molecule has 1 N–H and O–H groups in total. The molecule has 0 radical (unpaired) electrons. The number of carbonyl (C=O) groups is 1. The average molecular weight is 306 g/mol. The molecule has 0 bridgehead atoms. The van der Waals surface area contributed by atoms with E-state index in [-0.39, 0.29) is 17.2 Å². The first-order valence-electron chi connectivity index (χ1n) is 6.97. The van der Waals surface area contributed by atoms with Crippen LogP contribution in [-0.2, 0) is 0 Å². The van der Waals surface area contributed by atoms with E-state index in [1.165, 1.54) is 6.20 Å². The van der Waals surface area contributed by atoms with E-state index in [0.717, 1.165) is 5.56 Å². The summed E-state index contributed by atoms with van der Waals surface area (Å²) in [5.74, 6) is 0.651. The molecule has 0 fully saturated rings. The van der Waals surface area contributed by atoms with Crippen LogP contribution in [0.15, 0.2) is 60.9 Å². The Morgan fingerprint density at radius 1 is 1.00 bits per heavy atom. The van der Waals surface area contributed by atoms with Crippen LogP contribution in [0.2, 0.25) is 0 Å². The van der Waals surface area contributed by atoms with E-state index < -0.39 is 0 Å². The third kappa shape index (κ3) is 3.18. The fourth-order valence-electron chi connectivity index (χ4n) is 2.14. The zero-order valence-electron chi connectivity index (χ0n) is 12.4. The molecule has 0 aliphatic rings. The number of ketones is 1. The number of nitrogens with zero attached hydrogens (tertiary/aromatic N) is 2. The number of hydrogen-bond acceptors (Lipinski definition) is 5. The number of phenolic OH excluding ortho intramolecular Hbond substituents is 1. The van der Waals surface area contributed by atoms with Crippen LogP contribution in [-0.4, -0.2) is 28.0 Å². The van der Waals surface area contributed by atoms with Crippen molar-refractivity contribution in [3.05, 3.63) is 72.2 Å². The number of methoxy groups -OCH3 is 1. The highest BCUT2D eigenvalue weighted by molar-refractivity contribution is 6.07. The van der Waals surface area contributed by atoms with E-state index in [1.54, 1.807) is 61.8 Å². The Kier molecular flexibility index (Phi) is 4.01. The second kappa shape index (κ2) is 6.27. The van der Waals surface area contributed by atoms with E-state index in [0.29, 0.717) is 17.0 Å². The molecule has 0 aliphatic heterocycles. The Morgan fingerprint density at radius 2 is 1.70 bits per heavy atom. The number of phenols is 1. The van der Waals surface area contributed by atoms with E-state index >= 15 is 0 Å². The molecule has 5 nitrogen and oxygen atoms in total.